The molecule has 0 N–H and O–H groups in total. The maximum atomic E-state index is 6.35. The Labute approximate surface area is 360 Å². The fourth-order valence-corrected chi connectivity index (χ4v) is 9.54. The summed E-state index contributed by atoms with van der Waals surface area (Å²) < 4.78 is 6.35. The van der Waals surface area contributed by atoms with Crippen molar-refractivity contribution in [1.82, 2.24) is 0 Å². The van der Waals surface area contributed by atoms with Crippen molar-refractivity contribution in [1.29, 1.82) is 0 Å². The van der Waals surface area contributed by atoms with Gasteiger partial charge in [0.1, 0.15) is 11.2 Å². The van der Waals surface area contributed by atoms with Gasteiger partial charge in [0.2, 0.25) is 0 Å². The van der Waals surface area contributed by atoms with Crippen LogP contribution in [0, 0.1) is 0 Å². The van der Waals surface area contributed by atoms with E-state index in [9.17, 15) is 0 Å². The number of nitrogens with zero attached hydrogens (tertiary/aromatic N) is 1. The van der Waals surface area contributed by atoms with Crippen LogP contribution in [0.5, 0.6) is 0 Å². The van der Waals surface area contributed by atoms with Gasteiger partial charge in [0.15, 0.2) is 0 Å². The molecule has 0 unspecified atom stereocenters. The van der Waals surface area contributed by atoms with Gasteiger partial charge in [-0.1, -0.05) is 176 Å². The fraction of sp³-hybridized carbons (Fsp3) is 0. The second kappa shape index (κ2) is 14.8. The van der Waals surface area contributed by atoms with Gasteiger partial charge in [-0.15, -0.1) is 0 Å². The summed E-state index contributed by atoms with van der Waals surface area (Å²) in [6.45, 7) is 0. The molecule has 62 heavy (non-hydrogen) atoms. The van der Waals surface area contributed by atoms with Crippen molar-refractivity contribution in [3.63, 3.8) is 0 Å². The fourth-order valence-electron chi connectivity index (χ4n) is 9.54. The van der Waals surface area contributed by atoms with E-state index in [2.05, 4.69) is 235 Å². The standard InChI is InChI=1S/C60H39NO/c1-3-16-41(17-4-1)55-36-43(48-28-15-20-40-18-7-9-23-47(40)48)30-34-58(55)61(45-21-5-2-6-22-45)46-32-33-52(56-37-42-19-8-10-24-49(42)50-25-11-12-26-51(50)56)54(39-46)44-31-35-60-57(38-44)53-27-13-14-29-59(53)62-60/h1-39H. The van der Waals surface area contributed by atoms with Crippen LogP contribution in [0.2, 0.25) is 0 Å². The van der Waals surface area contributed by atoms with E-state index >= 15 is 0 Å². The van der Waals surface area contributed by atoms with Gasteiger partial charge in [0.25, 0.3) is 0 Å². The molecule has 2 nitrogen and oxygen atoms in total. The molecule has 0 bridgehead atoms. The molecular formula is C60H39NO. The third kappa shape index (κ3) is 6.04. The van der Waals surface area contributed by atoms with Gasteiger partial charge < -0.3 is 9.32 Å². The second-order valence-corrected chi connectivity index (χ2v) is 16.0. The van der Waals surface area contributed by atoms with Crippen LogP contribution >= 0.6 is 0 Å². The monoisotopic (exact) mass is 789 g/mol. The molecule has 0 aliphatic carbocycles. The van der Waals surface area contributed by atoms with Crippen LogP contribution in [0.3, 0.4) is 0 Å². The molecule has 0 atom stereocenters. The van der Waals surface area contributed by atoms with E-state index < -0.39 is 0 Å². The zero-order chi connectivity index (χ0) is 41.0. The molecule has 2 heteroatoms. The summed E-state index contributed by atoms with van der Waals surface area (Å²) in [4.78, 5) is 2.42. The van der Waals surface area contributed by atoms with E-state index in [0.29, 0.717) is 0 Å². The SMILES string of the molecule is c1ccc(-c2cc(-c3cccc4ccccc34)ccc2N(c2ccccc2)c2ccc(-c3cc4ccccc4c4ccccc34)c(-c3ccc4oc5ccccc5c4c3)c2)cc1. The van der Waals surface area contributed by atoms with E-state index in [1.54, 1.807) is 0 Å². The Balaban J connectivity index is 1.13. The maximum absolute atomic E-state index is 6.35. The number of hydrogen-bond donors (Lipinski definition) is 0. The quantitative estimate of drug-likeness (QED) is 0.150. The van der Waals surface area contributed by atoms with Crippen LogP contribution in [-0.4, -0.2) is 0 Å². The van der Waals surface area contributed by atoms with Crippen LogP contribution < -0.4 is 4.90 Å². The van der Waals surface area contributed by atoms with Gasteiger partial charge in [-0.2, -0.15) is 0 Å². The zero-order valence-corrected chi connectivity index (χ0v) is 33.9. The van der Waals surface area contributed by atoms with Crippen LogP contribution in [0.1, 0.15) is 0 Å². The minimum Gasteiger partial charge on any atom is -0.456 e. The average molecular weight is 790 g/mol. The first-order valence-electron chi connectivity index (χ1n) is 21.2. The lowest BCUT2D eigenvalue weighted by molar-refractivity contribution is 0.669. The third-order valence-electron chi connectivity index (χ3n) is 12.4. The topological polar surface area (TPSA) is 16.4 Å². The molecule has 0 saturated carbocycles. The highest BCUT2D eigenvalue weighted by atomic mass is 16.3. The Bertz CT molecular complexity index is 3630. The van der Waals surface area contributed by atoms with Crippen molar-refractivity contribution in [2.45, 2.75) is 0 Å². The van der Waals surface area contributed by atoms with Gasteiger partial charge in [0.05, 0.1) is 5.69 Å². The van der Waals surface area contributed by atoms with Crippen molar-refractivity contribution in [2.75, 3.05) is 4.90 Å². The first kappa shape index (κ1) is 35.7. The molecule has 1 aromatic heterocycles. The Kier molecular flexibility index (Phi) is 8.53. The second-order valence-electron chi connectivity index (χ2n) is 16.0. The number of fused-ring (bicyclic) bond motifs is 7. The molecule has 1 heterocycles. The Morgan fingerprint density at radius 3 is 1.73 bits per heavy atom. The lowest BCUT2D eigenvalue weighted by Gasteiger charge is -2.29. The molecule has 0 fully saturated rings. The Morgan fingerprint density at radius 1 is 0.258 bits per heavy atom. The summed E-state index contributed by atoms with van der Waals surface area (Å²) in [7, 11) is 0. The van der Waals surface area contributed by atoms with Crippen molar-refractivity contribution in [3.8, 4) is 44.5 Å². The highest BCUT2D eigenvalue weighted by Crippen LogP contribution is 2.47. The van der Waals surface area contributed by atoms with Crippen molar-refractivity contribution in [3.05, 3.63) is 237 Å². The van der Waals surface area contributed by atoms with Crippen LogP contribution in [0.4, 0.5) is 17.1 Å². The molecule has 0 spiro atoms. The predicted octanol–water partition coefficient (Wildman–Crippen LogP) is 17.2. The van der Waals surface area contributed by atoms with Gasteiger partial charge >= 0.3 is 0 Å². The molecule has 11 aromatic carbocycles. The summed E-state index contributed by atoms with van der Waals surface area (Å²) in [6, 6.07) is 85.7. The molecule has 12 aromatic rings. The molecular weight excluding hydrogens is 751 g/mol. The summed E-state index contributed by atoms with van der Waals surface area (Å²) in [5, 5.41) is 9.64. The minimum absolute atomic E-state index is 0.883. The number of rotatable bonds is 7. The normalized spacial score (nSPS) is 11.5. The molecule has 0 saturated heterocycles. The van der Waals surface area contributed by atoms with Crippen LogP contribution in [0.25, 0.3) is 98.8 Å². The number of anilines is 3. The van der Waals surface area contributed by atoms with E-state index in [0.717, 1.165) is 61.3 Å². The molecule has 0 radical (unpaired) electrons. The first-order chi connectivity index (χ1) is 30.7. The molecule has 0 aliphatic rings. The van der Waals surface area contributed by atoms with Crippen molar-refractivity contribution >= 4 is 71.3 Å². The van der Waals surface area contributed by atoms with Gasteiger partial charge in [-0.05, 0) is 132 Å². The minimum atomic E-state index is 0.883. The summed E-state index contributed by atoms with van der Waals surface area (Å²) in [5.41, 5.74) is 14.4. The van der Waals surface area contributed by atoms with Gasteiger partial charge in [-0.3, -0.25) is 0 Å². The average Bonchev–Trinajstić information content (AvgIpc) is 3.72. The lowest BCUT2D eigenvalue weighted by Crippen LogP contribution is -2.11. The largest absolute Gasteiger partial charge is 0.456 e. The van der Waals surface area contributed by atoms with E-state index in [-0.39, 0.29) is 0 Å². The number of benzene rings is 11. The van der Waals surface area contributed by atoms with E-state index in [4.69, 9.17) is 4.42 Å². The molecule has 0 aliphatic heterocycles. The highest BCUT2D eigenvalue weighted by molar-refractivity contribution is 6.15. The molecule has 290 valence electrons. The maximum Gasteiger partial charge on any atom is 0.135 e. The zero-order valence-electron chi connectivity index (χ0n) is 33.9. The molecule has 0 amide bonds. The predicted molar refractivity (Wildman–Crippen MR) is 263 cm³/mol. The number of furan rings is 1. The Hall–Kier alpha value is -8.20. The number of para-hydroxylation sites is 2. The Morgan fingerprint density at radius 2 is 0.887 bits per heavy atom. The summed E-state index contributed by atoms with van der Waals surface area (Å²) in [5.74, 6) is 0. The van der Waals surface area contributed by atoms with Crippen LogP contribution in [0.15, 0.2) is 241 Å². The van der Waals surface area contributed by atoms with E-state index in [1.807, 2.05) is 6.07 Å². The number of hydrogen-bond acceptors (Lipinski definition) is 2. The van der Waals surface area contributed by atoms with E-state index in [1.165, 1.54) is 54.6 Å². The van der Waals surface area contributed by atoms with Crippen molar-refractivity contribution in [2.24, 2.45) is 0 Å². The molecule has 12 rings (SSSR count). The van der Waals surface area contributed by atoms with Gasteiger partial charge in [-0.25, -0.2) is 0 Å². The highest BCUT2D eigenvalue weighted by Gasteiger charge is 2.22. The van der Waals surface area contributed by atoms with Crippen molar-refractivity contribution < 1.29 is 4.42 Å². The third-order valence-corrected chi connectivity index (χ3v) is 12.4. The first-order valence-corrected chi connectivity index (χ1v) is 21.2. The summed E-state index contributed by atoms with van der Waals surface area (Å²) >= 11 is 0. The van der Waals surface area contributed by atoms with Crippen LogP contribution in [-0.2, 0) is 0 Å². The smallest absolute Gasteiger partial charge is 0.135 e. The lowest BCUT2D eigenvalue weighted by atomic mass is 9.88. The van der Waals surface area contributed by atoms with Gasteiger partial charge in [0, 0.05) is 27.7 Å². The summed E-state index contributed by atoms with van der Waals surface area (Å²) in [6.07, 6.45) is 0.